The standard InChI is InChI=1S/C18H22N4O.2ClH/c1-13-5-6-14(19)12-16(13)18(23)21-15-7-10-22(11-8-15)17-4-2-3-9-20-17;;/h2-6,9,12,15H,7-8,10-11,19H2,1H3,(H,21,23);2*1H. The molecule has 2 aromatic rings. The summed E-state index contributed by atoms with van der Waals surface area (Å²) < 4.78 is 0. The van der Waals surface area contributed by atoms with Gasteiger partial charge in [-0.15, -0.1) is 24.8 Å². The second-order valence-corrected chi connectivity index (χ2v) is 6.00. The van der Waals surface area contributed by atoms with E-state index in [0.29, 0.717) is 11.3 Å². The van der Waals surface area contributed by atoms with Gasteiger partial charge in [-0.2, -0.15) is 0 Å². The molecule has 1 saturated heterocycles. The molecule has 0 aliphatic carbocycles. The lowest BCUT2D eigenvalue weighted by atomic mass is 10.0. The Kier molecular flexibility index (Phi) is 8.00. The van der Waals surface area contributed by atoms with Crippen molar-refractivity contribution >= 4 is 42.2 Å². The summed E-state index contributed by atoms with van der Waals surface area (Å²) in [6.07, 6.45) is 3.65. The van der Waals surface area contributed by atoms with E-state index in [1.807, 2.05) is 43.5 Å². The number of anilines is 2. The fourth-order valence-electron chi connectivity index (χ4n) is 2.94. The van der Waals surface area contributed by atoms with Gasteiger partial charge in [0.2, 0.25) is 0 Å². The summed E-state index contributed by atoms with van der Waals surface area (Å²) in [6, 6.07) is 11.6. The Morgan fingerprint density at radius 1 is 1.20 bits per heavy atom. The number of carbonyl (C=O) groups is 1. The average Bonchev–Trinajstić information content (AvgIpc) is 2.58. The van der Waals surface area contributed by atoms with Gasteiger partial charge in [0.25, 0.3) is 5.91 Å². The van der Waals surface area contributed by atoms with Gasteiger partial charge in [-0.3, -0.25) is 4.79 Å². The lowest BCUT2D eigenvalue weighted by Gasteiger charge is -2.33. The first-order chi connectivity index (χ1) is 11.1. The Balaban J connectivity index is 0.00000156. The Bertz CT molecular complexity index is 689. The van der Waals surface area contributed by atoms with Crippen molar-refractivity contribution in [2.24, 2.45) is 0 Å². The van der Waals surface area contributed by atoms with Crippen LogP contribution in [0.2, 0.25) is 0 Å². The fraction of sp³-hybridized carbons (Fsp3) is 0.333. The molecule has 0 unspecified atom stereocenters. The molecule has 0 bridgehead atoms. The van der Waals surface area contributed by atoms with Gasteiger partial charge in [0.1, 0.15) is 5.82 Å². The number of aromatic nitrogens is 1. The van der Waals surface area contributed by atoms with E-state index >= 15 is 0 Å². The number of halogens is 2. The second kappa shape index (κ2) is 9.49. The number of amides is 1. The number of nitrogen functional groups attached to an aromatic ring is 1. The number of nitrogens with one attached hydrogen (secondary N) is 1. The average molecular weight is 383 g/mol. The smallest absolute Gasteiger partial charge is 0.251 e. The highest BCUT2D eigenvalue weighted by molar-refractivity contribution is 5.96. The van der Waals surface area contributed by atoms with Crippen LogP contribution in [0.5, 0.6) is 0 Å². The van der Waals surface area contributed by atoms with Crippen molar-refractivity contribution in [3.8, 4) is 0 Å². The summed E-state index contributed by atoms with van der Waals surface area (Å²) >= 11 is 0. The summed E-state index contributed by atoms with van der Waals surface area (Å²) in [4.78, 5) is 19.1. The molecule has 0 atom stereocenters. The number of pyridine rings is 1. The van der Waals surface area contributed by atoms with Crippen LogP contribution in [-0.4, -0.2) is 30.0 Å². The van der Waals surface area contributed by atoms with Crippen LogP contribution in [0.25, 0.3) is 0 Å². The SMILES string of the molecule is Cc1ccc(N)cc1C(=O)NC1CCN(c2ccccn2)CC1.Cl.Cl. The van der Waals surface area contributed by atoms with Crippen LogP contribution >= 0.6 is 24.8 Å². The van der Waals surface area contributed by atoms with Crippen molar-refractivity contribution in [1.29, 1.82) is 0 Å². The molecule has 1 aromatic carbocycles. The molecule has 3 N–H and O–H groups in total. The Hall–Kier alpha value is -1.98. The molecule has 0 spiro atoms. The third-order valence-electron chi connectivity index (χ3n) is 4.31. The molecule has 0 radical (unpaired) electrons. The van der Waals surface area contributed by atoms with Gasteiger partial charge in [0.15, 0.2) is 0 Å². The quantitative estimate of drug-likeness (QED) is 0.799. The van der Waals surface area contributed by atoms with Crippen LogP contribution in [0.15, 0.2) is 42.6 Å². The number of nitrogens with two attached hydrogens (primary N) is 1. The lowest BCUT2D eigenvalue weighted by Crippen LogP contribution is -2.45. The first kappa shape index (κ1) is 21.1. The second-order valence-electron chi connectivity index (χ2n) is 6.00. The number of aryl methyl sites for hydroxylation is 1. The van der Waals surface area contributed by atoms with Crippen LogP contribution in [0.4, 0.5) is 11.5 Å². The summed E-state index contributed by atoms with van der Waals surface area (Å²) in [5.74, 6) is 0.968. The number of carbonyl (C=O) groups excluding carboxylic acids is 1. The van der Waals surface area contributed by atoms with E-state index < -0.39 is 0 Å². The summed E-state index contributed by atoms with van der Waals surface area (Å²) in [5.41, 5.74) is 8.01. The molecule has 136 valence electrons. The van der Waals surface area contributed by atoms with Crippen molar-refractivity contribution in [3.05, 3.63) is 53.7 Å². The number of nitrogens with zero attached hydrogens (tertiary/aromatic N) is 2. The van der Waals surface area contributed by atoms with Crippen LogP contribution in [0, 0.1) is 6.92 Å². The van der Waals surface area contributed by atoms with Gasteiger partial charge < -0.3 is 16.0 Å². The first-order valence-electron chi connectivity index (χ1n) is 7.96. The summed E-state index contributed by atoms with van der Waals surface area (Å²) in [5, 5.41) is 3.13. The summed E-state index contributed by atoms with van der Waals surface area (Å²) in [7, 11) is 0. The van der Waals surface area contributed by atoms with Crippen LogP contribution in [-0.2, 0) is 0 Å². The van der Waals surface area contributed by atoms with Gasteiger partial charge in [0, 0.05) is 36.6 Å². The highest BCUT2D eigenvalue weighted by Gasteiger charge is 2.22. The van der Waals surface area contributed by atoms with E-state index in [4.69, 9.17) is 5.73 Å². The number of rotatable bonds is 3. The molecule has 5 nitrogen and oxygen atoms in total. The van der Waals surface area contributed by atoms with Crippen molar-refractivity contribution in [2.45, 2.75) is 25.8 Å². The molecule has 1 aromatic heterocycles. The van der Waals surface area contributed by atoms with Crippen LogP contribution in [0.3, 0.4) is 0 Å². The Morgan fingerprint density at radius 2 is 1.92 bits per heavy atom. The molecular formula is C18H24Cl2N4O. The maximum atomic E-state index is 12.4. The highest BCUT2D eigenvalue weighted by atomic mass is 35.5. The predicted molar refractivity (Wildman–Crippen MR) is 107 cm³/mol. The van der Waals surface area contributed by atoms with Crippen molar-refractivity contribution in [3.63, 3.8) is 0 Å². The van der Waals surface area contributed by atoms with Crippen molar-refractivity contribution < 1.29 is 4.79 Å². The van der Waals surface area contributed by atoms with E-state index in [2.05, 4.69) is 15.2 Å². The number of hydrogen-bond acceptors (Lipinski definition) is 4. The summed E-state index contributed by atoms with van der Waals surface area (Å²) in [6.45, 7) is 3.73. The monoisotopic (exact) mass is 382 g/mol. The maximum absolute atomic E-state index is 12.4. The van der Waals surface area contributed by atoms with E-state index in [9.17, 15) is 4.79 Å². The zero-order chi connectivity index (χ0) is 16.2. The zero-order valence-electron chi connectivity index (χ0n) is 14.1. The predicted octanol–water partition coefficient (Wildman–Crippen LogP) is 3.21. The van der Waals surface area contributed by atoms with Gasteiger partial charge in [-0.1, -0.05) is 12.1 Å². The van der Waals surface area contributed by atoms with E-state index in [1.165, 1.54) is 0 Å². The molecule has 1 amide bonds. The van der Waals surface area contributed by atoms with Gasteiger partial charge in [0.05, 0.1) is 0 Å². The Morgan fingerprint density at radius 3 is 2.56 bits per heavy atom. The molecule has 1 aliphatic rings. The molecule has 25 heavy (non-hydrogen) atoms. The Labute approximate surface area is 160 Å². The largest absolute Gasteiger partial charge is 0.399 e. The van der Waals surface area contributed by atoms with E-state index in [1.54, 1.807) is 6.07 Å². The maximum Gasteiger partial charge on any atom is 0.251 e. The molecule has 7 heteroatoms. The van der Waals surface area contributed by atoms with E-state index in [0.717, 1.165) is 37.3 Å². The lowest BCUT2D eigenvalue weighted by molar-refractivity contribution is 0.0930. The molecular weight excluding hydrogens is 359 g/mol. The number of benzene rings is 1. The molecule has 1 fully saturated rings. The van der Waals surface area contributed by atoms with Crippen molar-refractivity contribution in [1.82, 2.24) is 10.3 Å². The fourth-order valence-corrected chi connectivity index (χ4v) is 2.94. The van der Waals surface area contributed by atoms with Crippen LogP contribution in [0.1, 0.15) is 28.8 Å². The van der Waals surface area contributed by atoms with E-state index in [-0.39, 0.29) is 36.8 Å². The van der Waals surface area contributed by atoms with Gasteiger partial charge in [-0.25, -0.2) is 4.98 Å². The third kappa shape index (κ3) is 5.25. The molecule has 2 heterocycles. The topological polar surface area (TPSA) is 71.2 Å². The minimum Gasteiger partial charge on any atom is -0.399 e. The minimum absolute atomic E-state index is 0. The normalized spacial score (nSPS) is 14.2. The third-order valence-corrected chi connectivity index (χ3v) is 4.31. The minimum atomic E-state index is -0.0360. The molecule has 1 aliphatic heterocycles. The highest BCUT2D eigenvalue weighted by Crippen LogP contribution is 2.18. The van der Waals surface area contributed by atoms with Crippen molar-refractivity contribution in [2.75, 3.05) is 23.7 Å². The van der Waals surface area contributed by atoms with Gasteiger partial charge in [-0.05, 0) is 49.6 Å². The zero-order valence-corrected chi connectivity index (χ0v) is 15.8. The van der Waals surface area contributed by atoms with Gasteiger partial charge >= 0.3 is 0 Å². The number of piperidine rings is 1. The molecule has 3 rings (SSSR count). The van der Waals surface area contributed by atoms with Crippen LogP contribution < -0.4 is 16.0 Å². The number of hydrogen-bond donors (Lipinski definition) is 2. The molecule has 0 saturated carbocycles. The first-order valence-corrected chi connectivity index (χ1v) is 7.96.